The molecule has 8 nitrogen and oxygen atoms in total. The number of nitrogens with zero attached hydrogens (tertiary/aromatic N) is 3. The molecule has 0 saturated heterocycles. The van der Waals surface area contributed by atoms with Crippen molar-refractivity contribution in [3.8, 4) is 0 Å². The smallest absolute Gasteiger partial charge is 0.312 e. The van der Waals surface area contributed by atoms with Gasteiger partial charge in [-0.15, -0.1) is 0 Å². The van der Waals surface area contributed by atoms with Crippen LogP contribution in [0.5, 0.6) is 0 Å². The van der Waals surface area contributed by atoms with Gasteiger partial charge in [0.2, 0.25) is 5.82 Å². The highest BCUT2D eigenvalue weighted by atomic mass is 19.3. The Kier molecular flexibility index (Phi) is 6.64. The first-order valence-corrected chi connectivity index (χ1v) is 8.50. The minimum Gasteiger partial charge on any atom is -0.367 e. The number of aromatic nitrogens is 1. The zero-order chi connectivity index (χ0) is 19.3. The molecule has 0 aliphatic heterocycles. The van der Waals surface area contributed by atoms with Gasteiger partial charge in [0.25, 0.3) is 12.3 Å². The van der Waals surface area contributed by atoms with E-state index in [1.165, 1.54) is 14.1 Å². The summed E-state index contributed by atoms with van der Waals surface area (Å²) in [6, 6.07) is 1.07. The largest absolute Gasteiger partial charge is 0.367 e. The van der Waals surface area contributed by atoms with Crippen LogP contribution in [0, 0.1) is 10.1 Å². The molecule has 0 bridgehead atoms. The van der Waals surface area contributed by atoms with E-state index in [0.717, 1.165) is 43.1 Å². The molecular formula is C16H23F2N5O3. The first-order chi connectivity index (χ1) is 12.3. The van der Waals surface area contributed by atoms with Crippen LogP contribution in [0.1, 0.15) is 42.5 Å². The standard InChI is InChI=1S/C16H23F2N5O3/c1-19-14-12(23(25)26)8-11(15(21-14)22(2)9-13(17)18)16(24)20-10-6-4-3-5-7-10/h8,10,13H,3-7,9H2,1-2H3,(H,19,21)(H,20,24). The Labute approximate surface area is 150 Å². The maximum absolute atomic E-state index is 12.8. The fourth-order valence-corrected chi connectivity index (χ4v) is 3.08. The van der Waals surface area contributed by atoms with Gasteiger partial charge in [0.05, 0.1) is 17.0 Å². The number of carbonyl (C=O) groups excluding carboxylic acids is 1. The number of anilines is 2. The molecule has 2 rings (SSSR count). The molecule has 1 aromatic heterocycles. The van der Waals surface area contributed by atoms with Gasteiger partial charge >= 0.3 is 5.69 Å². The summed E-state index contributed by atoms with van der Waals surface area (Å²) in [5.41, 5.74) is -0.458. The summed E-state index contributed by atoms with van der Waals surface area (Å²) < 4.78 is 25.5. The van der Waals surface area contributed by atoms with Crippen molar-refractivity contribution in [2.24, 2.45) is 0 Å². The molecule has 0 aromatic carbocycles. The van der Waals surface area contributed by atoms with Crippen LogP contribution in [-0.2, 0) is 0 Å². The highest BCUT2D eigenvalue weighted by Gasteiger charge is 2.27. The van der Waals surface area contributed by atoms with Crippen LogP contribution in [0.2, 0.25) is 0 Å². The molecule has 10 heteroatoms. The monoisotopic (exact) mass is 371 g/mol. The molecule has 1 aliphatic rings. The first-order valence-electron chi connectivity index (χ1n) is 8.50. The van der Waals surface area contributed by atoms with Crippen molar-refractivity contribution in [2.45, 2.75) is 44.6 Å². The van der Waals surface area contributed by atoms with E-state index in [2.05, 4.69) is 15.6 Å². The Balaban J connectivity index is 2.40. The SMILES string of the molecule is CNc1nc(N(C)CC(F)F)c(C(=O)NC2CCCCC2)cc1[N+](=O)[O-]. The van der Waals surface area contributed by atoms with Gasteiger partial charge in [-0.05, 0) is 12.8 Å². The van der Waals surface area contributed by atoms with Crippen molar-refractivity contribution in [1.29, 1.82) is 0 Å². The lowest BCUT2D eigenvalue weighted by Gasteiger charge is -2.25. The number of carbonyl (C=O) groups is 1. The van der Waals surface area contributed by atoms with Gasteiger partial charge in [-0.2, -0.15) is 0 Å². The maximum Gasteiger partial charge on any atom is 0.312 e. The molecular weight excluding hydrogens is 348 g/mol. The third-order valence-electron chi connectivity index (χ3n) is 4.37. The fourth-order valence-electron chi connectivity index (χ4n) is 3.08. The average molecular weight is 371 g/mol. The summed E-state index contributed by atoms with van der Waals surface area (Å²) in [7, 11) is 2.81. The Morgan fingerprint density at radius 2 is 2.08 bits per heavy atom. The third-order valence-corrected chi connectivity index (χ3v) is 4.37. The normalized spacial score (nSPS) is 15.0. The summed E-state index contributed by atoms with van der Waals surface area (Å²) in [5, 5.41) is 16.7. The van der Waals surface area contributed by atoms with Gasteiger partial charge in [0, 0.05) is 26.2 Å². The molecule has 1 amide bonds. The van der Waals surface area contributed by atoms with E-state index in [4.69, 9.17) is 0 Å². The molecule has 1 saturated carbocycles. The van der Waals surface area contributed by atoms with Crippen LogP contribution in [-0.4, -0.2) is 48.9 Å². The van der Waals surface area contributed by atoms with E-state index in [9.17, 15) is 23.7 Å². The van der Waals surface area contributed by atoms with Gasteiger partial charge in [-0.3, -0.25) is 14.9 Å². The number of halogens is 2. The molecule has 1 aliphatic carbocycles. The maximum atomic E-state index is 12.8. The number of amides is 1. The molecule has 144 valence electrons. The number of alkyl halides is 2. The lowest BCUT2D eigenvalue weighted by Crippen LogP contribution is -2.37. The lowest BCUT2D eigenvalue weighted by molar-refractivity contribution is -0.384. The van der Waals surface area contributed by atoms with E-state index in [1.807, 2.05) is 0 Å². The second-order valence-corrected chi connectivity index (χ2v) is 6.31. The number of rotatable bonds is 7. The van der Waals surface area contributed by atoms with E-state index in [1.54, 1.807) is 0 Å². The minimum absolute atomic E-state index is 0.0199. The van der Waals surface area contributed by atoms with E-state index in [0.29, 0.717) is 0 Å². The predicted molar refractivity (Wildman–Crippen MR) is 94.1 cm³/mol. The van der Waals surface area contributed by atoms with Crippen LogP contribution < -0.4 is 15.5 Å². The molecule has 2 N–H and O–H groups in total. The number of hydrogen-bond donors (Lipinski definition) is 2. The minimum atomic E-state index is -2.63. The average Bonchev–Trinajstić information content (AvgIpc) is 2.60. The van der Waals surface area contributed by atoms with E-state index < -0.39 is 23.8 Å². The van der Waals surface area contributed by atoms with Gasteiger partial charge in [0.15, 0.2) is 0 Å². The zero-order valence-corrected chi connectivity index (χ0v) is 14.8. The molecule has 26 heavy (non-hydrogen) atoms. The summed E-state index contributed by atoms with van der Waals surface area (Å²) in [6.07, 6.45) is 2.14. The molecule has 0 spiro atoms. The topological polar surface area (TPSA) is 100 Å². The number of nitro groups is 1. The summed E-state index contributed by atoms with van der Waals surface area (Å²) in [6.45, 7) is -0.641. The predicted octanol–water partition coefficient (Wildman–Crippen LogP) is 2.80. The highest BCUT2D eigenvalue weighted by molar-refractivity contribution is 6.00. The second-order valence-electron chi connectivity index (χ2n) is 6.31. The third kappa shape index (κ3) is 4.77. The Morgan fingerprint density at radius 1 is 1.42 bits per heavy atom. The summed E-state index contributed by atoms with van der Waals surface area (Å²) in [4.78, 5) is 28.5. The van der Waals surface area contributed by atoms with Gasteiger partial charge in [-0.25, -0.2) is 13.8 Å². The fraction of sp³-hybridized carbons (Fsp3) is 0.625. The van der Waals surface area contributed by atoms with Gasteiger partial charge in [-0.1, -0.05) is 19.3 Å². The van der Waals surface area contributed by atoms with Crippen molar-refractivity contribution in [3.63, 3.8) is 0 Å². The quantitative estimate of drug-likeness (QED) is 0.565. The van der Waals surface area contributed by atoms with Gasteiger partial charge in [0.1, 0.15) is 5.82 Å². The number of nitrogens with one attached hydrogen (secondary N) is 2. The molecule has 1 heterocycles. The van der Waals surface area contributed by atoms with Crippen LogP contribution in [0.4, 0.5) is 26.1 Å². The second kappa shape index (κ2) is 8.72. The molecule has 1 fully saturated rings. The molecule has 0 unspecified atom stereocenters. The van der Waals surface area contributed by atoms with Crippen LogP contribution in [0.3, 0.4) is 0 Å². The molecule has 1 aromatic rings. The van der Waals surface area contributed by atoms with Crippen molar-refractivity contribution in [3.05, 3.63) is 21.7 Å². The van der Waals surface area contributed by atoms with Crippen molar-refractivity contribution in [1.82, 2.24) is 10.3 Å². The molecule has 0 atom stereocenters. The zero-order valence-electron chi connectivity index (χ0n) is 14.8. The van der Waals surface area contributed by atoms with E-state index >= 15 is 0 Å². The van der Waals surface area contributed by atoms with Crippen molar-refractivity contribution < 1.29 is 18.5 Å². The summed E-state index contributed by atoms with van der Waals surface area (Å²) >= 11 is 0. The van der Waals surface area contributed by atoms with Gasteiger partial charge < -0.3 is 15.5 Å². The lowest BCUT2D eigenvalue weighted by atomic mass is 9.95. The number of pyridine rings is 1. The number of hydrogen-bond acceptors (Lipinski definition) is 6. The van der Waals surface area contributed by atoms with Crippen molar-refractivity contribution >= 4 is 23.2 Å². The first kappa shape index (κ1) is 19.8. The molecule has 0 radical (unpaired) electrons. The summed E-state index contributed by atoms with van der Waals surface area (Å²) in [5.74, 6) is -0.639. The van der Waals surface area contributed by atoms with Crippen LogP contribution >= 0.6 is 0 Å². The Bertz CT molecular complexity index is 666. The van der Waals surface area contributed by atoms with Crippen molar-refractivity contribution in [2.75, 3.05) is 30.9 Å². The Hall–Kier alpha value is -2.52. The van der Waals surface area contributed by atoms with E-state index in [-0.39, 0.29) is 28.9 Å². The van der Waals surface area contributed by atoms with Crippen LogP contribution in [0.25, 0.3) is 0 Å². The highest BCUT2D eigenvalue weighted by Crippen LogP contribution is 2.30. The van der Waals surface area contributed by atoms with Crippen LogP contribution in [0.15, 0.2) is 6.07 Å². The Morgan fingerprint density at radius 3 is 2.62 bits per heavy atom.